The molecule has 1 aliphatic rings. The molecule has 4 amide bonds. The maximum atomic E-state index is 13.2. The summed E-state index contributed by atoms with van der Waals surface area (Å²) in [6, 6.07) is 14.0. The van der Waals surface area contributed by atoms with Crippen LogP contribution in [0.5, 0.6) is 0 Å². The lowest BCUT2D eigenvalue weighted by atomic mass is 10.1. The number of hydrogen-bond donors (Lipinski definition) is 1. The highest BCUT2D eigenvalue weighted by molar-refractivity contribution is 6.21. The van der Waals surface area contributed by atoms with Gasteiger partial charge in [-0.05, 0) is 51.3 Å². The van der Waals surface area contributed by atoms with Gasteiger partial charge >= 0.3 is 0 Å². The van der Waals surface area contributed by atoms with Crippen molar-refractivity contribution in [1.82, 2.24) is 15.1 Å². The first-order valence-electron chi connectivity index (χ1n) is 11.8. The van der Waals surface area contributed by atoms with Crippen molar-refractivity contribution >= 4 is 23.6 Å². The van der Waals surface area contributed by atoms with Gasteiger partial charge in [-0.15, -0.1) is 0 Å². The van der Waals surface area contributed by atoms with E-state index in [9.17, 15) is 19.2 Å². The van der Waals surface area contributed by atoms with Gasteiger partial charge in [0.1, 0.15) is 6.04 Å². The van der Waals surface area contributed by atoms with Crippen molar-refractivity contribution in [3.8, 4) is 0 Å². The van der Waals surface area contributed by atoms with Crippen LogP contribution < -0.4 is 5.32 Å². The molecule has 0 bridgehead atoms. The van der Waals surface area contributed by atoms with Gasteiger partial charge in [0.2, 0.25) is 11.8 Å². The number of carbonyl (C=O) groups excluding carboxylic acids is 4. The van der Waals surface area contributed by atoms with Gasteiger partial charge in [-0.3, -0.25) is 24.1 Å². The zero-order valence-corrected chi connectivity index (χ0v) is 20.3. The van der Waals surface area contributed by atoms with E-state index in [0.717, 1.165) is 17.5 Å². The summed E-state index contributed by atoms with van der Waals surface area (Å²) in [5, 5.41) is 2.95. The van der Waals surface area contributed by atoms with Crippen LogP contribution in [-0.2, 0) is 16.1 Å². The lowest BCUT2D eigenvalue weighted by molar-refractivity contribution is -0.141. The SMILES string of the molecule is CC[C@@H](C)NC(=O)[C@H](C)N(Cc1ccc(C)cc1)C(=O)CCCN1C(=O)c2ccccc2C1=O. The largest absolute Gasteiger partial charge is 0.352 e. The summed E-state index contributed by atoms with van der Waals surface area (Å²) in [4.78, 5) is 53.9. The number of imide groups is 1. The average Bonchev–Trinajstić information content (AvgIpc) is 3.08. The first-order valence-corrected chi connectivity index (χ1v) is 11.8. The highest BCUT2D eigenvalue weighted by Crippen LogP contribution is 2.23. The fourth-order valence-electron chi connectivity index (χ4n) is 3.91. The summed E-state index contributed by atoms with van der Waals surface area (Å²) in [6.07, 6.45) is 1.25. The van der Waals surface area contributed by atoms with E-state index in [0.29, 0.717) is 24.1 Å². The van der Waals surface area contributed by atoms with Gasteiger partial charge in [0.15, 0.2) is 0 Å². The van der Waals surface area contributed by atoms with Gasteiger partial charge in [0, 0.05) is 25.6 Å². The van der Waals surface area contributed by atoms with Crippen LogP contribution in [0.15, 0.2) is 48.5 Å². The van der Waals surface area contributed by atoms with E-state index in [2.05, 4.69) is 5.32 Å². The molecular formula is C27H33N3O4. The second-order valence-electron chi connectivity index (χ2n) is 8.91. The molecule has 3 rings (SSSR count). The molecule has 7 heteroatoms. The molecule has 34 heavy (non-hydrogen) atoms. The molecule has 2 aromatic rings. The van der Waals surface area contributed by atoms with Crippen LogP contribution in [0.3, 0.4) is 0 Å². The minimum absolute atomic E-state index is 0.0140. The third-order valence-corrected chi connectivity index (χ3v) is 6.29. The van der Waals surface area contributed by atoms with E-state index >= 15 is 0 Å². The van der Waals surface area contributed by atoms with Crippen molar-refractivity contribution in [3.63, 3.8) is 0 Å². The number of aryl methyl sites for hydroxylation is 1. The number of carbonyl (C=O) groups is 4. The van der Waals surface area contributed by atoms with Gasteiger partial charge < -0.3 is 10.2 Å². The van der Waals surface area contributed by atoms with Crippen LogP contribution >= 0.6 is 0 Å². The quantitative estimate of drug-likeness (QED) is 0.545. The summed E-state index contributed by atoms with van der Waals surface area (Å²) < 4.78 is 0. The number of nitrogens with one attached hydrogen (secondary N) is 1. The van der Waals surface area contributed by atoms with Crippen LogP contribution in [0.25, 0.3) is 0 Å². The Labute approximate surface area is 201 Å². The van der Waals surface area contributed by atoms with Gasteiger partial charge in [-0.1, -0.05) is 48.9 Å². The van der Waals surface area contributed by atoms with Crippen molar-refractivity contribution in [3.05, 3.63) is 70.8 Å². The topological polar surface area (TPSA) is 86.8 Å². The fourth-order valence-corrected chi connectivity index (χ4v) is 3.91. The van der Waals surface area contributed by atoms with Crippen LogP contribution in [-0.4, -0.2) is 52.1 Å². The van der Waals surface area contributed by atoms with Crippen LogP contribution in [0, 0.1) is 6.92 Å². The number of hydrogen-bond acceptors (Lipinski definition) is 4. The van der Waals surface area contributed by atoms with Crippen molar-refractivity contribution in [2.24, 2.45) is 0 Å². The zero-order valence-electron chi connectivity index (χ0n) is 20.3. The summed E-state index contributed by atoms with van der Waals surface area (Å²) in [5.41, 5.74) is 2.85. The molecule has 0 aromatic heterocycles. The lowest BCUT2D eigenvalue weighted by Gasteiger charge is -2.30. The molecular weight excluding hydrogens is 430 g/mol. The van der Waals surface area contributed by atoms with Crippen molar-refractivity contribution in [2.75, 3.05) is 6.54 Å². The molecule has 180 valence electrons. The van der Waals surface area contributed by atoms with Crippen molar-refractivity contribution in [1.29, 1.82) is 0 Å². The van der Waals surface area contributed by atoms with Gasteiger partial charge in [0.05, 0.1) is 11.1 Å². The first kappa shape index (κ1) is 25.1. The maximum absolute atomic E-state index is 13.2. The Bertz CT molecular complexity index is 1030. The van der Waals surface area contributed by atoms with Gasteiger partial charge in [-0.25, -0.2) is 0 Å². The standard InChI is InChI=1S/C27H33N3O4/c1-5-19(3)28-25(32)20(4)30(17-21-14-12-18(2)13-15-21)24(31)11-8-16-29-26(33)22-9-6-7-10-23(22)27(29)34/h6-7,9-10,12-15,19-20H,5,8,11,16-17H2,1-4H3,(H,28,32)/t19-,20+/m1/s1. The van der Waals surface area contributed by atoms with Gasteiger partial charge in [0.25, 0.3) is 11.8 Å². The molecule has 0 unspecified atom stereocenters. The molecule has 0 radical (unpaired) electrons. The average molecular weight is 464 g/mol. The second kappa shape index (κ2) is 11.1. The summed E-state index contributed by atoms with van der Waals surface area (Å²) in [7, 11) is 0. The highest BCUT2D eigenvalue weighted by atomic mass is 16.2. The molecule has 0 saturated heterocycles. The highest BCUT2D eigenvalue weighted by Gasteiger charge is 2.35. The van der Waals surface area contributed by atoms with Crippen LogP contribution in [0.1, 0.15) is 71.9 Å². The number of rotatable bonds is 10. The Balaban J connectivity index is 1.67. The Morgan fingerprint density at radius 2 is 1.56 bits per heavy atom. The number of benzene rings is 2. The zero-order chi connectivity index (χ0) is 24.8. The molecule has 1 aliphatic heterocycles. The predicted molar refractivity (Wildman–Crippen MR) is 130 cm³/mol. The van der Waals surface area contributed by atoms with Crippen molar-refractivity contribution in [2.45, 2.75) is 65.6 Å². The maximum Gasteiger partial charge on any atom is 0.261 e. The summed E-state index contributed by atoms with van der Waals surface area (Å²) in [6.45, 7) is 8.11. The van der Waals surface area contributed by atoms with Crippen LogP contribution in [0.4, 0.5) is 0 Å². The van der Waals surface area contributed by atoms with E-state index in [1.807, 2.05) is 45.0 Å². The predicted octanol–water partition coefficient (Wildman–Crippen LogP) is 3.70. The third-order valence-electron chi connectivity index (χ3n) is 6.29. The van der Waals surface area contributed by atoms with E-state index in [4.69, 9.17) is 0 Å². The van der Waals surface area contributed by atoms with Gasteiger partial charge in [-0.2, -0.15) is 0 Å². The summed E-state index contributed by atoms with van der Waals surface area (Å²) >= 11 is 0. The minimum atomic E-state index is -0.651. The van der Waals surface area contributed by atoms with Crippen LogP contribution in [0.2, 0.25) is 0 Å². The van der Waals surface area contributed by atoms with Crippen molar-refractivity contribution < 1.29 is 19.2 Å². The number of fused-ring (bicyclic) bond motifs is 1. The molecule has 2 aromatic carbocycles. The lowest BCUT2D eigenvalue weighted by Crippen LogP contribution is -2.49. The van der Waals surface area contributed by atoms with E-state index in [1.54, 1.807) is 36.1 Å². The molecule has 0 fully saturated rings. The molecule has 0 aliphatic carbocycles. The first-order chi connectivity index (χ1) is 16.2. The molecule has 0 spiro atoms. The summed E-state index contributed by atoms with van der Waals surface area (Å²) in [5.74, 6) is -1.05. The third kappa shape index (κ3) is 5.71. The van der Waals surface area contributed by atoms with E-state index < -0.39 is 6.04 Å². The number of nitrogens with zero attached hydrogens (tertiary/aromatic N) is 2. The number of amides is 4. The molecule has 0 saturated carbocycles. The smallest absolute Gasteiger partial charge is 0.261 e. The second-order valence-corrected chi connectivity index (χ2v) is 8.91. The Kier molecular flexibility index (Phi) is 8.21. The minimum Gasteiger partial charge on any atom is -0.352 e. The Hall–Kier alpha value is -3.48. The fraction of sp³-hybridized carbons (Fsp3) is 0.407. The molecule has 1 N–H and O–H groups in total. The normalized spacial score (nSPS) is 14.5. The molecule has 1 heterocycles. The molecule has 7 nitrogen and oxygen atoms in total. The monoisotopic (exact) mass is 463 g/mol. The Morgan fingerprint density at radius 3 is 2.12 bits per heavy atom. The van der Waals surface area contributed by atoms with E-state index in [1.165, 1.54) is 4.90 Å². The molecule has 2 atom stereocenters. The van der Waals surface area contributed by atoms with E-state index in [-0.39, 0.29) is 42.6 Å². The Morgan fingerprint density at radius 1 is 0.971 bits per heavy atom.